The maximum Gasteiger partial charge on any atom is 0.310 e. The molecule has 0 aliphatic rings. The van der Waals surface area contributed by atoms with Crippen molar-refractivity contribution < 1.29 is 9.90 Å². The SMILES string of the molecule is CCC(C)C(C=CCCc1ccccc1)C(=O)O. The molecule has 0 aliphatic heterocycles. The highest BCUT2D eigenvalue weighted by molar-refractivity contribution is 5.72. The molecule has 2 heteroatoms. The van der Waals surface area contributed by atoms with Crippen LogP contribution in [0.15, 0.2) is 42.5 Å². The Kier molecular flexibility index (Phi) is 6.20. The molecule has 0 heterocycles. The Morgan fingerprint density at radius 2 is 2.00 bits per heavy atom. The fourth-order valence-electron chi connectivity index (χ4n) is 1.91. The molecule has 1 N–H and O–H groups in total. The van der Waals surface area contributed by atoms with Gasteiger partial charge in [0.1, 0.15) is 0 Å². The molecule has 0 fully saturated rings. The van der Waals surface area contributed by atoms with E-state index < -0.39 is 5.97 Å². The molecular formula is C16H22O2. The molecule has 0 saturated heterocycles. The molecule has 0 bridgehead atoms. The van der Waals surface area contributed by atoms with Gasteiger partial charge in [-0.1, -0.05) is 62.8 Å². The van der Waals surface area contributed by atoms with E-state index in [1.54, 1.807) is 0 Å². The van der Waals surface area contributed by atoms with Gasteiger partial charge in [-0.15, -0.1) is 0 Å². The summed E-state index contributed by atoms with van der Waals surface area (Å²) in [6.07, 6.45) is 6.59. The van der Waals surface area contributed by atoms with E-state index in [-0.39, 0.29) is 11.8 Å². The Bertz CT molecular complexity index is 381. The minimum atomic E-state index is -0.722. The third-order valence-electron chi connectivity index (χ3n) is 3.33. The predicted octanol–water partition coefficient (Wildman–Crippen LogP) is 3.92. The van der Waals surface area contributed by atoms with Crippen molar-refractivity contribution in [3.63, 3.8) is 0 Å². The molecule has 0 amide bonds. The molecule has 1 aromatic carbocycles. The fourth-order valence-corrected chi connectivity index (χ4v) is 1.91. The van der Waals surface area contributed by atoms with E-state index in [2.05, 4.69) is 12.1 Å². The van der Waals surface area contributed by atoms with Crippen LogP contribution in [0, 0.1) is 11.8 Å². The van der Waals surface area contributed by atoms with E-state index in [1.807, 2.05) is 44.2 Å². The molecule has 0 radical (unpaired) electrons. The van der Waals surface area contributed by atoms with Gasteiger partial charge in [0.25, 0.3) is 0 Å². The van der Waals surface area contributed by atoms with Crippen LogP contribution in [-0.2, 0) is 11.2 Å². The van der Waals surface area contributed by atoms with Gasteiger partial charge < -0.3 is 5.11 Å². The van der Waals surface area contributed by atoms with Crippen molar-refractivity contribution in [2.45, 2.75) is 33.1 Å². The number of allylic oxidation sites excluding steroid dienone is 1. The summed E-state index contributed by atoms with van der Waals surface area (Å²) >= 11 is 0. The second-order valence-electron chi connectivity index (χ2n) is 4.70. The lowest BCUT2D eigenvalue weighted by Gasteiger charge is -2.14. The van der Waals surface area contributed by atoms with E-state index in [4.69, 9.17) is 5.11 Å². The van der Waals surface area contributed by atoms with Crippen LogP contribution in [0.4, 0.5) is 0 Å². The molecule has 98 valence electrons. The lowest BCUT2D eigenvalue weighted by Crippen LogP contribution is -2.18. The van der Waals surface area contributed by atoms with E-state index in [1.165, 1.54) is 5.56 Å². The predicted molar refractivity (Wildman–Crippen MR) is 74.5 cm³/mol. The number of rotatable bonds is 7. The Morgan fingerprint density at radius 3 is 2.56 bits per heavy atom. The van der Waals surface area contributed by atoms with Crippen molar-refractivity contribution in [2.24, 2.45) is 11.8 Å². The van der Waals surface area contributed by atoms with Gasteiger partial charge in [-0.2, -0.15) is 0 Å². The van der Waals surface area contributed by atoms with Gasteiger partial charge in [-0.3, -0.25) is 4.79 Å². The van der Waals surface area contributed by atoms with Gasteiger partial charge in [-0.25, -0.2) is 0 Å². The zero-order valence-corrected chi connectivity index (χ0v) is 11.2. The van der Waals surface area contributed by atoms with Gasteiger partial charge >= 0.3 is 5.97 Å². The minimum absolute atomic E-state index is 0.190. The zero-order chi connectivity index (χ0) is 13.4. The first-order chi connectivity index (χ1) is 8.65. The van der Waals surface area contributed by atoms with E-state index >= 15 is 0 Å². The van der Waals surface area contributed by atoms with E-state index in [0.29, 0.717) is 0 Å². The third kappa shape index (κ3) is 4.74. The molecule has 2 nitrogen and oxygen atoms in total. The number of aryl methyl sites for hydroxylation is 1. The number of carboxylic acids is 1. The Hall–Kier alpha value is -1.57. The van der Waals surface area contributed by atoms with Gasteiger partial charge in [0.2, 0.25) is 0 Å². The largest absolute Gasteiger partial charge is 0.481 e. The number of hydrogen-bond acceptors (Lipinski definition) is 1. The maximum atomic E-state index is 11.1. The Labute approximate surface area is 109 Å². The normalized spacial score (nSPS) is 14.6. The molecule has 0 aromatic heterocycles. The average molecular weight is 246 g/mol. The number of carbonyl (C=O) groups is 1. The van der Waals surface area contributed by atoms with Crippen molar-refractivity contribution in [3.8, 4) is 0 Å². The molecule has 0 aliphatic carbocycles. The highest BCUT2D eigenvalue weighted by Gasteiger charge is 2.19. The van der Waals surface area contributed by atoms with Gasteiger partial charge in [0.15, 0.2) is 0 Å². The van der Waals surface area contributed by atoms with Crippen LogP contribution in [0.2, 0.25) is 0 Å². The molecule has 2 atom stereocenters. The van der Waals surface area contributed by atoms with Crippen LogP contribution < -0.4 is 0 Å². The second kappa shape index (κ2) is 7.70. The first-order valence-electron chi connectivity index (χ1n) is 6.58. The molecular weight excluding hydrogens is 224 g/mol. The third-order valence-corrected chi connectivity index (χ3v) is 3.33. The first-order valence-corrected chi connectivity index (χ1v) is 6.58. The number of aliphatic carboxylic acids is 1. The Morgan fingerprint density at radius 1 is 1.33 bits per heavy atom. The summed E-state index contributed by atoms with van der Waals surface area (Å²) in [7, 11) is 0. The summed E-state index contributed by atoms with van der Waals surface area (Å²) in [5.41, 5.74) is 1.29. The number of carboxylic acid groups (broad SMARTS) is 1. The topological polar surface area (TPSA) is 37.3 Å². The summed E-state index contributed by atoms with van der Waals surface area (Å²) in [5.74, 6) is -0.887. The molecule has 0 spiro atoms. The van der Waals surface area contributed by atoms with E-state index in [9.17, 15) is 4.79 Å². The van der Waals surface area contributed by atoms with Crippen molar-refractivity contribution in [2.75, 3.05) is 0 Å². The number of hydrogen-bond donors (Lipinski definition) is 1. The van der Waals surface area contributed by atoms with Crippen LogP contribution in [0.25, 0.3) is 0 Å². The Balaban J connectivity index is 2.45. The summed E-state index contributed by atoms with van der Waals surface area (Å²) in [6, 6.07) is 10.2. The molecule has 1 rings (SSSR count). The lowest BCUT2D eigenvalue weighted by atomic mass is 9.91. The molecule has 0 saturated carbocycles. The van der Waals surface area contributed by atoms with Crippen molar-refractivity contribution >= 4 is 5.97 Å². The van der Waals surface area contributed by atoms with Crippen molar-refractivity contribution in [1.82, 2.24) is 0 Å². The van der Waals surface area contributed by atoms with Crippen molar-refractivity contribution in [3.05, 3.63) is 48.0 Å². The lowest BCUT2D eigenvalue weighted by molar-refractivity contribution is -0.141. The van der Waals surface area contributed by atoms with Crippen LogP contribution >= 0.6 is 0 Å². The van der Waals surface area contributed by atoms with Crippen molar-refractivity contribution in [1.29, 1.82) is 0 Å². The van der Waals surface area contributed by atoms with Gasteiger partial charge in [0.05, 0.1) is 5.92 Å². The number of benzene rings is 1. The summed E-state index contributed by atoms with van der Waals surface area (Å²) < 4.78 is 0. The average Bonchev–Trinajstić information content (AvgIpc) is 2.38. The first kappa shape index (κ1) is 14.5. The summed E-state index contributed by atoms with van der Waals surface area (Å²) in [5, 5.41) is 9.14. The highest BCUT2D eigenvalue weighted by atomic mass is 16.4. The minimum Gasteiger partial charge on any atom is -0.481 e. The van der Waals surface area contributed by atoms with Gasteiger partial charge in [0, 0.05) is 0 Å². The van der Waals surface area contributed by atoms with Gasteiger partial charge in [-0.05, 0) is 24.3 Å². The monoisotopic (exact) mass is 246 g/mol. The smallest absolute Gasteiger partial charge is 0.310 e. The molecule has 2 unspecified atom stereocenters. The van der Waals surface area contributed by atoms with Crippen LogP contribution in [0.3, 0.4) is 0 Å². The van der Waals surface area contributed by atoms with Crippen LogP contribution in [0.1, 0.15) is 32.3 Å². The van der Waals surface area contributed by atoms with E-state index in [0.717, 1.165) is 19.3 Å². The highest BCUT2D eigenvalue weighted by Crippen LogP contribution is 2.17. The zero-order valence-electron chi connectivity index (χ0n) is 11.2. The summed E-state index contributed by atoms with van der Waals surface area (Å²) in [6.45, 7) is 4.01. The standard InChI is InChI=1S/C16H22O2/c1-3-13(2)15(16(17)18)12-8-7-11-14-9-5-4-6-10-14/h4-6,8-10,12-13,15H,3,7,11H2,1-2H3,(H,17,18). The van der Waals surface area contributed by atoms with Crippen LogP contribution in [-0.4, -0.2) is 11.1 Å². The van der Waals surface area contributed by atoms with Crippen LogP contribution in [0.5, 0.6) is 0 Å². The molecule has 1 aromatic rings. The quantitative estimate of drug-likeness (QED) is 0.740. The molecule has 18 heavy (non-hydrogen) atoms. The maximum absolute atomic E-state index is 11.1. The fraction of sp³-hybridized carbons (Fsp3) is 0.438. The summed E-state index contributed by atoms with van der Waals surface area (Å²) in [4.78, 5) is 11.1. The second-order valence-corrected chi connectivity index (χ2v) is 4.70.